The number of anilines is 1. The Morgan fingerprint density at radius 1 is 1.18 bits per heavy atom. The van der Waals surface area contributed by atoms with E-state index in [1.807, 2.05) is 4.90 Å². The minimum atomic E-state index is -1.06. The molecule has 2 aliphatic heterocycles. The monoisotopic (exact) mass is 308 g/mol. The van der Waals surface area contributed by atoms with Gasteiger partial charge in [-0.15, -0.1) is 0 Å². The van der Waals surface area contributed by atoms with E-state index in [2.05, 4.69) is 6.92 Å². The maximum absolute atomic E-state index is 13.4. The summed E-state index contributed by atoms with van der Waals surface area (Å²) in [6.45, 7) is 3.70. The van der Waals surface area contributed by atoms with Gasteiger partial charge in [0, 0.05) is 12.6 Å². The quantitative estimate of drug-likeness (QED) is 0.787. The van der Waals surface area contributed by atoms with Crippen LogP contribution in [-0.4, -0.2) is 35.8 Å². The molecule has 22 heavy (non-hydrogen) atoms. The third-order valence-electron chi connectivity index (χ3n) is 4.41. The molecule has 0 bridgehead atoms. The molecule has 0 radical (unpaired) electrons. The Morgan fingerprint density at radius 2 is 1.95 bits per heavy atom. The molecule has 1 aromatic rings. The molecule has 2 atom stereocenters. The second-order valence-electron chi connectivity index (χ2n) is 6.13. The molecule has 118 valence electrons. The number of carbonyl (C=O) groups excluding carboxylic acids is 2. The van der Waals surface area contributed by atoms with E-state index >= 15 is 0 Å². The summed E-state index contributed by atoms with van der Waals surface area (Å²) < 4.78 is 26.4. The zero-order valence-electron chi connectivity index (χ0n) is 12.4. The first-order valence-electron chi connectivity index (χ1n) is 7.53. The summed E-state index contributed by atoms with van der Waals surface area (Å²) in [6, 6.07) is 2.60. The maximum atomic E-state index is 13.4. The number of piperidine rings is 1. The summed E-state index contributed by atoms with van der Waals surface area (Å²) in [6.07, 6.45) is 2.23. The highest BCUT2D eigenvalue weighted by Crippen LogP contribution is 2.29. The molecule has 6 heteroatoms. The molecule has 0 saturated carbocycles. The van der Waals surface area contributed by atoms with Gasteiger partial charge in [-0.2, -0.15) is 0 Å². The average molecular weight is 308 g/mol. The average Bonchev–Trinajstić information content (AvgIpc) is 2.77. The first-order valence-corrected chi connectivity index (χ1v) is 7.53. The van der Waals surface area contributed by atoms with Crippen LogP contribution in [-0.2, 0) is 9.59 Å². The Labute approximate surface area is 127 Å². The Bertz CT molecular complexity index is 620. The lowest BCUT2D eigenvalue weighted by Crippen LogP contribution is -2.46. The number of rotatable bonds is 2. The van der Waals surface area contributed by atoms with Gasteiger partial charge >= 0.3 is 0 Å². The lowest BCUT2D eigenvalue weighted by Gasteiger charge is -2.34. The third-order valence-corrected chi connectivity index (χ3v) is 4.41. The summed E-state index contributed by atoms with van der Waals surface area (Å²) >= 11 is 0. The molecule has 2 aliphatic rings. The second-order valence-corrected chi connectivity index (χ2v) is 6.13. The van der Waals surface area contributed by atoms with Gasteiger partial charge in [0.15, 0.2) is 11.6 Å². The van der Waals surface area contributed by atoms with Crippen LogP contribution in [0.15, 0.2) is 18.2 Å². The van der Waals surface area contributed by atoms with Crippen molar-refractivity contribution >= 4 is 17.5 Å². The molecule has 0 N–H and O–H groups in total. The molecule has 2 amide bonds. The van der Waals surface area contributed by atoms with Crippen LogP contribution in [0.2, 0.25) is 0 Å². The highest BCUT2D eigenvalue weighted by Gasteiger charge is 2.43. The molecule has 0 aromatic heterocycles. The van der Waals surface area contributed by atoms with Crippen molar-refractivity contribution in [2.24, 2.45) is 5.92 Å². The largest absolute Gasteiger partial charge is 0.291 e. The van der Waals surface area contributed by atoms with Crippen molar-refractivity contribution in [3.63, 3.8) is 0 Å². The molecule has 3 rings (SSSR count). The summed E-state index contributed by atoms with van der Waals surface area (Å²) in [4.78, 5) is 27.8. The van der Waals surface area contributed by atoms with Gasteiger partial charge in [-0.1, -0.05) is 6.92 Å². The SMILES string of the molecule is C[C@@H]1CCCN([C@H]2CC(=O)N(c3ccc(F)c(F)c3)C2=O)C1. The molecule has 4 nitrogen and oxygen atoms in total. The number of halogens is 2. The van der Waals surface area contributed by atoms with Crippen molar-refractivity contribution in [3.8, 4) is 0 Å². The van der Waals surface area contributed by atoms with Crippen molar-refractivity contribution in [2.45, 2.75) is 32.2 Å². The predicted octanol–water partition coefficient (Wildman–Crippen LogP) is 2.33. The van der Waals surface area contributed by atoms with Gasteiger partial charge in [-0.25, -0.2) is 13.7 Å². The summed E-state index contributed by atoms with van der Waals surface area (Å²) in [7, 11) is 0. The van der Waals surface area contributed by atoms with E-state index < -0.39 is 17.7 Å². The number of carbonyl (C=O) groups is 2. The number of hydrogen-bond acceptors (Lipinski definition) is 3. The van der Waals surface area contributed by atoms with Gasteiger partial charge in [-0.3, -0.25) is 14.5 Å². The Kier molecular flexibility index (Phi) is 3.95. The first kappa shape index (κ1) is 15.1. The number of nitrogens with zero attached hydrogens (tertiary/aromatic N) is 2. The lowest BCUT2D eigenvalue weighted by molar-refractivity contribution is -0.123. The number of hydrogen-bond donors (Lipinski definition) is 0. The van der Waals surface area contributed by atoms with E-state index in [0.717, 1.165) is 43.0 Å². The summed E-state index contributed by atoms with van der Waals surface area (Å²) in [5, 5.41) is 0. The minimum Gasteiger partial charge on any atom is -0.291 e. The molecular formula is C16H18F2N2O2. The smallest absolute Gasteiger partial charge is 0.251 e. The second kappa shape index (κ2) is 5.76. The van der Waals surface area contributed by atoms with Gasteiger partial charge < -0.3 is 0 Å². The molecular weight excluding hydrogens is 290 g/mol. The van der Waals surface area contributed by atoms with Crippen LogP contribution >= 0.6 is 0 Å². The highest BCUT2D eigenvalue weighted by molar-refractivity contribution is 6.22. The van der Waals surface area contributed by atoms with Crippen LogP contribution < -0.4 is 4.90 Å². The van der Waals surface area contributed by atoms with Crippen LogP contribution in [0, 0.1) is 17.6 Å². The predicted molar refractivity (Wildman–Crippen MR) is 77.2 cm³/mol. The molecule has 0 aliphatic carbocycles. The molecule has 0 unspecified atom stereocenters. The van der Waals surface area contributed by atoms with Crippen LogP contribution in [0.3, 0.4) is 0 Å². The number of amides is 2. The summed E-state index contributed by atoms with van der Waals surface area (Å²) in [5.41, 5.74) is 0.0986. The van der Waals surface area contributed by atoms with E-state index in [-0.39, 0.29) is 23.9 Å². The third kappa shape index (κ3) is 2.63. The van der Waals surface area contributed by atoms with E-state index in [9.17, 15) is 18.4 Å². The van der Waals surface area contributed by atoms with E-state index in [4.69, 9.17) is 0 Å². The Balaban J connectivity index is 1.83. The Morgan fingerprint density at radius 3 is 2.64 bits per heavy atom. The standard InChI is InChI=1S/C16H18F2N2O2/c1-10-3-2-6-19(9-10)14-8-15(21)20(16(14)22)11-4-5-12(17)13(18)7-11/h4-5,7,10,14H,2-3,6,8-9H2,1H3/t10-,14+/m1/s1. The number of imide groups is 1. The van der Waals surface area contributed by atoms with Gasteiger partial charge in [0.25, 0.3) is 5.91 Å². The van der Waals surface area contributed by atoms with Crippen molar-refractivity contribution in [1.82, 2.24) is 4.90 Å². The zero-order valence-corrected chi connectivity index (χ0v) is 12.4. The van der Waals surface area contributed by atoms with Crippen LogP contribution in [0.5, 0.6) is 0 Å². The highest BCUT2D eigenvalue weighted by atomic mass is 19.2. The molecule has 2 heterocycles. The van der Waals surface area contributed by atoms with Crippen LogP contribution in [0.4, 0.5) is 14.5 Å². The minimum absolute atomic E-state index is 0.0986. The van der Waals surface area contributed by atoms with Crippen molar-refractivity contribution < 1.29 is 18.4 Å². The first-order chi connectivity index (χ1) is 10.5. The zero-order chi connectivity index (χ0) is 15.9. The number of likely N-dealkylation sites (tertiary alicyclic amines) is 1. The van der Waals surface area contributed by atoms with Crippen molar-refractivity contribution in [2.75, 3.05) is 18.0 Å². The number of benzene rings is 1. The van der Waals surface area contributed by atoms with Gasteiger partial charge in [-0.05, 0) is 37.4 Å². The molecule has 0 spiro atoms. The van der Waals surface area contributed by atoms with E-state index in [1.54, 1.807) is 0 Å². The molecule has 2 fully saturated rings. The lowest BCUT2D eigenvalue weighted by atomic mass is 9.98. The van der Waals surface area contributed by atoms with Crippen molar-refractivity contribution in [1.29, 1.82) is 0 Å². The summed E-state index contributed by atoms with van der Waals surface area (Å²) in [5.74, 6) is -2.27. The van der Waals surface area contributed by atoms with E-state index in [1.165, 1.54) is 6.07 Å². The van der Waals surface area contributed by atoms with Gasteiger partial charge in [0.05, 0.1) is 18.2 Å². The fourth-order valence-electron chi connectivity index (χ4n) is 3.31. The molecule has 1 aromatic carbocycles. The van der Waals surface area contributed by atoms with Crippen LogP contribution in [0.1, 0.15) is 26.2 Å². The van der Waals surface area contributed by atoms with Gasteiger partial charge in [0.2, 0.25) is 5.91 Å². The fourth-order valence-corrected chi connectivity index (χ4v) is 3.31. The van der Waals surface area contributed by atoms with Crippen LogP contribution in [0.25, 0.3) is 0 Å². The fraction of sp³-hybridized carbons (Fsp3) is 0.500. The maximum Gasteiger partial charge on any atom is 0.251 e. The molecule has 2 saturated heterocycles. The van der Waals surface area contributed by atoms with Gasteiger partial charge in [0.1, 0.15) is 0 Å². The normalized spacial score (nSPS) is 26.8. The Hall–Kier alpha value is -1.82. The topological polar surface area (TPSA) is 40.6 Å². The van der Waals surface area contributed by atoms with E-state index in [0.29, 0.717) is 5.92 Å². The van der Waals surface area contributed by atoms with Crippen molar-refractivity contribution in [3.05, 3.63) is 29.8 Å².